The van der Waals surface area contributed by atoms with Crippen LogP contribution in [0.3, 0.4) is 0 Å². The van der Waals surface area contributed by atoms with E-state index in [-0.39, 0.29) is 11.8 Å². The highest BCUT2D eigenvalue weighted by molar-refractivity contribution is 6.33. The number of ether oxygens (including phenoxy) is 2. The van der Waals surface area contributed by atoms with Crippen LogP contribution in [0.2, 0.25) is 0 Å². The van der Waals surface area contributed by atoms with E-state index in [2.05, 4.69) is 16.9 Å². The van der Waals surface area contributed by atoms with Gasteiger partial charge in [-0.3, -0.25) is 9.78 Å². The largest absolute Gasteiger partial charge is 0.496 e. The highest BCUT2D eigenvalue weighted by Gasteiger charge is 2.37. The van der Waals surface area contributed by atoms with Crippen molar-refractivity contribution < 1.29 is 19.4 Å². The molecule has 3 heterocycles. The summed E-state index contributed by atoms with van der Waals surface area (Å²) in [5, 5.41) is 12.2. The molecule has 0 fully saturated rings. The topological polar surface area (TPSA) is 85.9 Å². The number of methoxy groups -OCH3 is 2. The van der Waals surface area contributed by atoms with Gasteiger partial charge in [-0.05, 0) is 30.7 Å². The highest BCUT2D eigenvalue weighted by atomic mass is 16.5. The lowest BCUT2D eigenvalue weighted by Gasteiger charge is -2.14. The van der Waals surface area contributed by atoms with E-state index in [4.69, 9.17) is 9.47 Å². The molecule has 0 unspecified atom stereocenters. The first-order valence-electron chi connectivity index (χ1n) is 11.2. The van der Waals surface area contributed by atoms with Gasteiger partial charge in [0.15, 0.2) is 0 Å². The van der Waals surface area contributed by atoms with E-state index in [9.17, 15) is 9.90 Å². The van der Waals surface area contributed by atoms with Crippen LogP contribution in [0, 0.1) is 0 Å². The molecule has 4 aromatic rings. The molecule has 7 nitrogen and oxygen atoms in total. The van der Waals surface area contributed by atoms with Gasteiger partial charge in [-0.15, -0.1) is 0 Å². The van der Waals surface area contributed by atoms with Crippen molar-refractivity contribution in [1.29, 1.82) is 0 Å². The van der Waals surface area contributed by atoms with Gasteiger partial charge in [0.1, 0.15) is 17.0 Å². The van der Waals surface area contributed by atoms with Gasteiger partial charge in [0.05, 0.1) is 36.8 Å². The van der Waals surface area contributed by atoms with Gasteiger partial charge in [-0.2, -0.15) is 0 Å². The second kappa shape index (κ2) is 8.67. The summed E-state index contributed by atoms with van der Waals surface area (Å²) in [5.74, 6) is 0.899. The number of para-hydroxylation sites is 2. The van der Waals surface area contributed by atoms with Crippen LogP contribution >= 0.6 is 0 Å². The van der Waals surface area contributed by atoms with Crippen LogP contribution in [0.4, 0.5) is 0 Å². The quantitative estimate of drug-likeness (QED) is 0.413. The van der Waals surface area contributed by atoms with Crippen LogP contribution in [0.25, 0.3) is 22.2 Å². The predicted molar refractivity (Wildman–Crippen MR) is 131 cm³/mol. The molecule has 7 heteroatoms. The van der Waals surface area contributed by atoms with E-state index in [1.165, 1.54) is 0 Å². The summed E-state index contributed by atoms with van der Waals surface area (Å²) in [7, 11) is 3.19. The fourth-order valence-corrected chi connectivity index (χ4v) is 4.62. The maximum absolute atomic E-state index is 13.3. The molecule has 2 aromatic carbocycles. The number of unbranched alkanes of at least 4 members (excludes halogenated alkanes) is 1. The van der Waals surface area contributed by atoms with Gasteiger partial charge in [-0.1, -0.05) is 37.6 Å². The van der Waals surface area contributed by atoms with E-state index in [0.29, 0.717) is 51.7 Å². The molecule has 1 aliphatic rings. The molecule has 0 spiro atoms. The zero-order valence-corrected chi connectivity index (χ0v) is 19.3. The number of aliphatic imine (C=N–C) groups is 1. The number of carbonyl (C=O) groups excluding carboxylic acids is 1. The van der Waals surface area contributed by atoms with Gasteiger partial charge in [0.2, 0.25) is 5.88 Å². The Morgan fingerprint density at radius 1 is 0.941 bits per heavy atom. The van der Waals surface area contributed by atoms with Crippen LogP contribution in [0.1, 0.15) is 41.3 Å². The van der Waals surface area contributed by atoms with Crippen LogP contribution in [-0.4, -0.2) is 40.5 Å². The van der Waals surface area contributed by atoms with Crippen molar-refractivity contribution in [2.24, 2.45) is 4.99 Å². The number of benzene rings is 2. The summed E-state index contributed by atoms with van der Waals surface area (Å²) in [6.07, 6.45) is 3.45. The number of carbonyl (C=O) groups is 1. The van der Waals surface area contributed by atoms with E-state index < -0.39 is 0 Å². The molecule has 2 aromatic heterocycles. The summed E-state index contributed by atoms with van der Waals surface area (Å²) < 4.78 is 12.9. The van der Waals surface area contributed by atoms with Gasteiger partial charge >= 0.3 is 0 Å². The molecule has 0 atom stereocenters. The molecule has 0 saturated carbocycles. The average Bonchev–Trinajstić information content (AvgIpc) is 3.36. The standard InChI is InChI=1S/C27H25N3O4/c1-4-5-15-30-25(18-9-6-7-11-19(18)33-2)22-21(27(30)32)24(29-26(22)31)17-13-14-28-23-16(17)10-8-12-20(23)34-3/h6-14,32H,4-5,15H2,1-3H3. The SMILES string of the molecule is CCCCn1c(O)c2c(c1-c1ccccc1OC)C(=O)N=C2c1ccnc2c(OC)cccc12. The number of rotatable bonds is 7. The third-order valence-corrected chi connectivity index (χ3v) is 6.21. The van der Waals surface area contributed by atoms with Crippen molar-refractivity contribution in [3.8, 4) is 28.6 Å². The Bertz CT molecular complexity index is 1450. The third kappa shape index (κ3) is 3.23. The zero-order valence-electron chi connectivity index (χ0n) is 19.3. The first-order chi connectivity index (χ1) is 16.6. The molecule has 1 aliphatic heterocycles. The normalized spacial score (nSPS) is 12.7. The number of aromatic hydroxyl groups is 1. The summed E-state index contributed by atoms with van der Waals surface area (Å²) in [4.78, 5) is 22.2. The molecular formula is C27H25N3O4. The fraction of sp³-hybridized carbons (Fsp3) is 0.222. The lowest BCUT2D eigenvalue weighted by atomic mass is 9.97. The number of aromatic nitrogens is 2. The fourth-order valence-electron chi connectivity index (χ4n) is 4.62. The Balaban J connectivity index is 1.79. The maximum Gasteiger partial charge on any atom is 0.280 e. The molecule has 34 heavy (non-hydrogen) atoms. The number of fused-ring (bicyclic) bond motifs is 2. The van der Waals surface area contributed by atoms with E-state index >= 15 is 0 Å². The molecule has 5 rings (SSSR count). The van der Waals surface area contributed by atoms with Crippen LogP contribution < -0.4 is 9.47 Å². The maximum atomic E-state index is 13.3. The smallest absolute Gasteiger partial charge is 0.280 e. The second-order valence-electron chi connectivity index (χ2n) is 8.11. The number of hydrogen-bond acceptors (Lipinski definition) is 5. The average molecular weight is 456 g/mol. The van der Waals surface area contributed by atoms with Crippen molar-refractivity contribution in [2.75, 3.05) is 14.2 Å². The monoisotopic (exact) mass is 455 g/mol. The predicted octanol–water partition coefficient (Wildman–Crippen LogP) is 5.22. The van der Waals surface area contributed by atoms with Gasteiger partial charge in [0.25, 0.3) is 5.91 Å². The van der Waals surface area contributed by atoms with Crippen molar-refractivity contribution in [1.82, 2.24) is 9.55 Å². The van der Waals surface area contributed by atoms with Crippen molar-refractivity contribution in [3.05, 3.63) is 71.4 Å². The summed E-state index contributed by atoms with van der Waals surface area (Å²) in [6, 6.07) is 15.0. The minimum absolute atomic E-state index is 0.0295. The molecule has 1 amide bonds. The Kier molecular flexibility index (Phi) is 5.53. The van der Waals surface area contributed by atoms with Crippen molar-refractivity contribution in [3.63, 3.8) is 0 Å². The molecule has 172 valence electrons. The molecule has 0 aliphatic carbocycles. The second-order valence-corrected chi connectivity index (χ2v) is 8.11. The zero-order chi connectivity index (χ0) is 23.8. The van der Waals surface area contributed by atoms with Crippen LogP contribution in [0.15, 0.2) is 59.7 Å². The minimum atomic E-state index is -0.385. The molecular weight excluding hydrogens is 430 g/mol. The van der Waals surface area contributed by atoms with Gasteiger partial charge < -0.3 is 19.1 Å². The van der Waals surface area contributed by atoms with E-state index in [1.807, 2.05) is 53.1 Å². The van der Waals surface area contributed by atoms with E-state index in [1.54, 1.807) is 20.4 Å². The number of amides is 1. The summed E-state index contributed by atoms with van der Waals surface area (Å²) >= 11 is 0. The first-order valence-corrected chi connectivity index (χ1v) is 11.2. The van der Waals surface area contributed by atoms with Crippen molar-refractivity contribution >= 4 is 22.5 Å². The third-order valence-electron chi connectivity index (χ3n) is 6.21. The van der Waals surface area contributed by atoms with Gasteiger partial charge in [0, 0.05) is 29.3 Å². The lowest BCUT2D eigenvalue weighted by Crippen LogP contribution is -2.05. The van der Waals surface area contributed by atoms with Crippen LogP contribution in [0.5, 0.6) is 17.4 Å². The number of pyridine rings is 1. The minimum Gasteiger partial charge on any atom is -0.496 e. The lowest BCUT2D eigenvalue weighted by molar-refractivity contribution is 0.101. The number of hydrogen-bond donors (Lipinski definition) is 1. The molecule has 0 bridgehead atoms. The molecule has 0 saturated heterocycles. The molecule has 1 N–H and O–H groups in total. The first kappa shape index (κ1) is 21.7. The Morgan fingerprint density at radius 2 is 1.71 bits per heavy atom. The van der Waals surface area contributed by atoms with Gasteiger partial charge in [-0.25, -0.2) is 4.99 Å². The number of nitrogens with zero attached hydrogens (tertiary/aromatic N) is 3. The van der Waals surface area contributed by atoms with E-state index in [0.717, 1.165) is 23.8 Å². The summed E-state index contributed by atoms with van der Waals surface area (Å²) in [5.41, 5.74) is 4.01. The highest BCUT2D eigenvalue weighted by Crippen LogP contribution is 2.44. The molecule has 0 radical (unpaired) electrons. The van der Waals surface area contributed by atoms with Crippen molar-refractivity contribution in [2.45, 2.75) is 26.3 Å². The Morgan fingerprint density at radius 3 is 2.47 bits per heavy atom. The van der Waals surface area contributed by atoms with Crippen LogP contribution in [-0.2, 0) is 6.54 Å². The summed E-state index contributed by atoms with van der Waals surface area (Å²) in [6.45, 7) is 2.65. The Labute approximate surface area is 197 Å². The Hall–Kier alpha value is -4.13.